The van der Waals surface area contributed by atoms with Crippen molar-refractivity contribution < 1.29 is 4.79 Å². The summed E-state index contributed by atoms with van der Waals surface area (Å²) in [5.41, 5.74) is 0.994. The third-order valence-electron chi connectivity index (χ3n) is 2.89. The van der Waals surface area contributed by atoms with Gasteiger partial charge in [0.2, 0.25) is 0 Å². The van der Waals surface area contributed by atoms with E-state index < -0.39 is 0 Å². The first-order valence-electron chi connectivity index (χ1n) is 6.68. The molecule has 5 nitrogen and oxygen atoms in total. The second-order valence-electron chi connectivity index (χ2n) is 4.46. The van der Waals surface area contributed by atoms with Crippen molar-refractivity contribution >= 4 is 17.5 Å². The molecule has 1 heterocycles. The van der Waals surface area contributed by atoms with E-state index >= 15 is 0 Å². The number of nitrogens with zero attached hydrogens (tertiary/aromatic N) is 3. The Bertz CT molecular complexity index is 582. The molecule has 0 spiro atoms. The molecule has 1 aromatic carbocycles. The van der Waals surface area contributed by atoms with Crippen molar-refractivity contribution in [3.05, 3.63) is 41.2 Å². The minimum atomic E-state index is -0.209. The van der Waals surface area contributed by atoms with Crippen molar-refractivity contribution in [2.75, 3.05) is 6.54 Å². The van der Waals surface area contributed by atoms with Crippen LogP contribution in [-0.4, -0.2) is 27.4 Å². The summed E-state index contributed by atoms with van der Waals surface area (Å²) in [6.45, 7) is 2.78. The van der Waals surface area contributed by atoms with Gasteiger partial charge in [-0.15, -0.1) is 5.10 Å². The zero-order chi connectivity index (χ0) is 14.4. The minimum Gasteiger partial charge on any atom is -0.351 e. The quantitative estimate of drug-likeness (QED) is 0.833. The lowest BCUT2D eigenvalue weighted by Gasteiger charge is -2.02. The molecule has 0 aliphatic heterocycles. The number of amides is 1. The smallest absolute Gasteiger partial charge is 0.273 e. The van der Waals surface area contributed by atoms with Crippen molar-refractivity contribution in [1.82, 2.24) is 20.3 Å². The number of nitrogens with one attached hydrogen (secondary N) is 1. The Labute approximate surface area is 122 Å². The number of carbonyl (C=O) groups is 1. The number of benzene rings is 1. The lowest BCUT2D eigenvalue weighted by atomic mass is 10.2. The molecule has 106 valence electrons. The van der Waals surface area contributed by atoms with Crippen LogP contribution < -0.4 is 5.32 Å². The number of unbranched alkanes of at least 4 members (excludes halogenated alkanes) is 2. The summed E-state index contributed by atoms with van der Waals surface area (Å²) in [5.74, 6) is -0.209. The van der Waals surface area contributed by atoms with E-state index in [1.54, 1.807) is 12.3 Å². The van der Waals surface area contributed by atoms with E-state index in [9.17, 15) is 4.79 Å². The maximum atomic E-state index is 11.9. The van der Waals surface area contributed by atoms with Crippen molar-refractivity contribution in [1.29, 1.82) is 0 Å². The van der Waals surface area contributed by atoms with E-state index in [1.807, 2.05) is 18.2 Å². The van der Waals surface area contributed by atoms with E-state index in [-0.39, 0.29) is 5.91 Å². The average molecular weight is 293 g/mol. The van der Waals surface area contributed by atoms with Gasteiger partial charge in [0.25, 0.3) is 5.91 Å². The molecule has 0 atom stereocenters. The standard InChI is InChI=1S/C14H17ClN4O/c1-2-3-6-9-16-14(20)12-10-19(18-17-12)13-8-5-4-7-11(13)15/h4-5,7-8,10H,2-3,6,9H2,1H3,(H,16,20). The monoisotopic (exact) mass is 292 g/mol. The van der Waals surface area contributed by atoms with Gasteiger partial charge in [-0.05, 0) is 18.6 Å². The molecule has 2 rings (SSSR count). The summed E-state index contributed by atoms with van der Waals surface area (Å²) >= 11 is 6.08. The SMILES string of the molecule is CCCCCNC(=O)c1cn(-c2ccccc2Cl)nn1. The summed E-state index contributed by atoms with van der Waals surface area (Å²) in [4.78, 5) is 11.9. The highest BCUT2D eigenvalue weighted by Gasteiger charge is 2.11. The molecule has 1 amide bonds. The zero-order valence-electron chi connectivity index (χ0n) is 11.3. The van der Waals surface area contributed by atoms with Crippen LogP contribution in [0, 0.1) is 0 Å². The van der Waals surface area contributed by atoms with Crippen molar-refractivity contribution in [3.63, 3.8) is 0 Å². The van der Waals surface area contributed by atoms with Gasteiger partial charge in [0.1, 0.15) is 0 Å². The number of para-hydroxylation sites is 1. The van der Waals surface area contributed by atoms with Crippen LogP contribution >= 0.6 is 11.6 Å². The van der Waals surface area contributed by atoms with E-state index in [0.29, 0.717) is 22.9 Å². The molecule has 1 aromatic heterocycles. The molecule has 2 aromatic rings. The first kappa shape index (κ1) is 14.5. The first-order chi connectivity index (χ1) is 9.72. The molecule has 0 bridgehead atoms. The fourth-order valence-corrected chi connectivity index (χ4v) is 2.01. The van der Waals surface area contributed by atoms with Gasteiger partial charge in [-0.1, -0.05) is 48.7 Å². The number of aromatic nitrogens is 3. The lowest BCUT2D eigenvalue weighted by molar-refractivity contribution is 0.0948. The molecule has 0 fully saturated rings. The Morgan fingerprint density at radius 1 is 1.35 bits per heavy atom. The second kappa shape index (κ2) is 7.05. The van der Waals surface area contributed by atoms with E-state index in [4.69, 9.17) is 11.6 Å². The molecule has 20 heavy (non-hydrogen) atoms. The first-order valence-corrected chi connectivity index (χ1v) is 7.05. The topological polar surface area (TPSA) is 59.8 Å². The van der Waals surface area contributed by atoms with Gasteiger partial charge in [-0.25, -0.2) is 4.68 Å². The molecular formula is C14H17ClN4O. The molecule has 0 saturated heterocycles. The van der Waals surface area contributed by atoms with Crippen LogP contribution in [0.5, 0.6) is 0 Å². The number of carbonyl (C=O) groups excluding carboxylic acids is 1. The van der Waals surface area contributed by atoms with Crippen LogP contribution in [-0.2, 0) is 0 Å². The molecule has 0 radical (unpaired) electrons. The van der Waals surface area contributed by atoms with Gasteiger partial charge in [0.15, 0.2) is 5.69 Å². The largest absolute Gasteiger partial charge is 0.351 e. The molecule has 0 aliphatic rings. The number of hydrogen-bond acceptors (Lipinski definition) is 3. The summed E-state index contributed by atoms with van der Waals surface area (Å²) < 4.78 is 1.50. The maximum absolute atomic E-state index is 11.9. The Balaban J connectivity index is 2.02. The van der Waals surface area contributed by atoms with Gasteiger partial charge in [-0.3, -0.25) is 4.79 Å². The number of halogens is 1. The molecule has 0 unspecified atom stereocenters. The third-order valence-corrected chi connectivity index (χ3v) is 3.21. The summed E-state index contributed by atoms with van der Waals surface area (Å²) in [6.07, 6.45) is 4.78. The van der Waals surface area contributed by atoms with Crippen molar-refractivity contribution in [2.24, 2.45) is 0 Å². The predicted octanol–water partition coefficient (Wildman–Crippen LogP) is 2.84. The molecule has 0 saturated carbocycles. The van der Waals surface area contributed by atoms with Gasteiger partial charge < -0.3 is 5.32 Å². The molecule has 6 heteroatoms. The van der Waals surface area contributed by atoms with Gasteiger partial charge in [0.05, 0.1) is 16.9 Å². The van der Waals surface area contributed by atoms with Crippen LogP contribution in [0.15, 0.2) is 30.5 Å². The minimum absolute atomic E-state index is 0.209. The molecule has 1 N–H and O–H groups in total. The highest BCUT2D eigenvalue weighted by atomic mass is 35.5. The van der Waals surface area contributed by atoms with Gasteiger partial charge >= 0.3 is 0 Å². The summed E-state index contributed by atoms with van der Waals surface area (Å²) in [7, 11) is 0. The van der Waals surface area contributed by atoms with E-state index in [1.165, 1.54) is 4.68 Å². The van der Waals surface area contributed by atoms with E-state index in [2.05, 4.69) is 22.6 Å². The number of rotatable bonds is 6. The second-order valence-corrected chi connectivity index (χ2v) is 4.87. The third kappa shape index (κ3) is 3.57. The number of hydrogen-bond donors (Lipinski definition) is 1. The van der Waals surface area contributed by atoms with Crippen molar-refractivity contribution in [2.45, 2.75) is 26.2 Å². The molecule has 0 aliphatic carbocycles. The molecular weight excluding hydrogens is 276 g/mol. The van der Waals surface area contributed by atoms with Crippen LogP contribution in [0.1, 0.15) is 36.7 Å². The van der Waals surface area contributed by atoms with Crippen LogP contribution in [0.25, 0.3) is 5.69 Å². The lowest BCUT2D eigenvalue weighted by Crippen LogP contribution is -2.24. The van der Waals surface area contributed by atoms with E-state index in [0.717, 1.165) is 19.3 Å². The van der Waals surface area contributed by atoms with Gasteiger partial charge in [0, 0.05) is 6.54 Å². The summed E-state index contributed by atoms with van der Waals surface area (Å²) in [5, 5.41) is 11.2. The maximum Gasteiger partial charge on any atom is 0.273 e. The average Bonchev–Trinajstić information content (AvgIpc) is 2.93. The Morgan fingerprint density at radius 2 is 2.15 bits per heavy atom. The summed E-state index contributed by atoms with van der Waals surface area (Å²) in [6, 6.07) is 7.28. The Morgan fingerprint density at radius 3 is 2.90 bits per heavy atom. The van der Waals surface area contributed by atoms with Crippen molar-refractivity contribution in [3.8, 4) is 5.69 Å². The fourth-order valence-electron chi connectivity index (χ4n) is 1.79. The Hall–Kier alpha value is -1.88. The highest BCUT2D eigenvalue weighted by molar-refractivity contribution is 6.32. The normalized spacial score (nSPS) is 10.5. The van der Waals surface area contributed by atoms with Crippen LogP contribution in [0.3, 0.4) is 0 Å². The fraction of sp³-hybridized carbons (Fsp3) is 0.357. The Kier molecular flexibility index (Phi) is 5.12. The predicted molar refractivity (Wildman–Crippen MR) is 78.2 cm³/mol. The van der Waals surface area contributed by atoms with Gasteiger partial charge in [-0.2, -0.15) is 0 Å². The van der Waals surface area contributed by atoms with Crippen LogP contribution in [0.4, 0.5) is 0 Å². The zero-order valence-corrected chi connectivity index (χ0v) is 12.1. The highest BCUT2D eigenvalue weighted by Crippen LogP contribution is 2.18. The van der Waals surface area contributed by atoms with Crippen LogP contribution in [0.2, 0.25) is 5.02 Å².